The maximum atomic E-state index is 5.49. The van der Waals surface area contributed by atoms with Crippen molar-refractivity contribution in [1.82, 2.24) is 20.0 Å². The van der Waals surface area contributed by atoms with E-state index in [-0.39, 0.29) is 0 Å². The van der Waals surface area contributed by atoms with E-state index < -0.39 is 0 Å². The Balaban J connectivity index is 1.55. The van der Waals surface area contributed by atoms with E-state index in [0.29, 0.717) is 6.04 Å². The topological polar surface area (TPSA) is 42.3 Å². The van der Waals surface area contributed by atoms with Gasteiger partial charge in [-0.1, -0.05) is 12.1 Å². The van der Waals surface area contributed by atoms with Gasteiger partial charge < -0.3 is 10.1 Å². The molecule has 4 rings (SSSR count). The van der Waals surface area contributed by atoms with E-state index in [4.69, 9.17) is 4.74 Å². The molecular weight excluding hydrogens is 288 g/mol. The highest BCUT2D eigenvalue weighted by atomic mass is 16.5. The van der Waals surface area contributed by atoms with E-state index in [0.717, 1.165) is 37.1 Å². The molecule has 2 aliphatic heterocycles. The monoisotopic (exact) mass is 312 g/mol. The highest BCUT2D eigenvalue weighted by Crippen LogP contribution is 2.25. The van der Waals surface area contributed by atoms with Crippen molar-refractivity contribution in [2.45, 2.75) is 37.9 Å². The SMILES string of the molecule is COc1ccccc1-n1nccc1CN1CCC2CCC(C1)N2. The van der Waals surface area contributed by atoms with Gasteiger partial charge in [0.1, 0.15) is 11.4 Å². The van der Waals surface area contributed by atoms with Gasteiger partial charge in [-0.2, -0.15) is 5.10 Å². The predicted molar refractivity (Wildman–Crippen MR) is 90.0 cm³/mol. The summed E-state index contributed by atoms with van der Waals surface area (Å²) in [5, 5.41) is 8.27. The molecule has 2 fully saturated rings. The lowest BCUT2D eigenvalue weighted by molar-refractivity contribution is 0.246. The van der Waals surface area contributed by atoms with Crippen molar-refractivity contribution in [3.8, 4) is 11.4 Å². The van der Waals surface area contributed by atoms with Crippen LogP contribution in [-0.2, 0) is 6.54 Å². The maximum absolute atomic E-state index is 5.49. The molecule has 2 atom stereocenters. The highest BCUT2D eigenvalue weighted by Gasteiger charge is 2.29. The first-order chi connectivity index (χ1) is 11.3. The van der Waals surface area contributed by atoms with Crippen LogP contribution in [-0.4, -0.2) is 47.0 Å². The van der Waals surface area contributed by atoms with E-state index in [1.165, 1.54) is 25.0 Å². The summed E-state index contributed by atoms with van der Waals surface area (Å²) in [6.07, 6.45) is 5.79. The largest absolute Gasteiger partial charge is 0.494 e. The number of benzene rings is 1. The average Bonchev–Trinajstić information content (AvgIpc) is 3.16. The summed E-state index contributed by atoms with van der Waals surface area (Å²) in [4.78, 5) is 2.56. The number of hydrogen-bond acceptors (Lipinski definition) is 4. The smallest absolute Gasteiger partial charge is 0.144 e. The Morgan fingerprint density at radius 3 is 2.96 bits per heavy atom. The summed E-state index contributed by atoms with van der Waals surface area (Å²) in [5.74, 6) is 0.856. The Labute approximate surface area is 137 Å². The molecule has 0 saturated carbocycles. The van der Waals surface area contributed by atoms with Crippen molar-refractivity contribution in [1.29, 1.82) is 0 Å². The quantitative estimate of drug-likeness (QED) is 0.940. The molecule has 2 saturated heterocycles. The van der Waals surface area contributed by atoms with Crippen molar-refractivity contribution >= 4 is 0 Å². The molecule has 2 aromatic rings. The molecule has 0 aliphatic carbocycles. The second kappa shape index (κ2) is 6.34. The molecule has 23 heavy (non-hydrogen) atoms. The fourth-order valence-electron chi connectivity index (χ4n) is 3.86. The fourth-order valence-corrected chi connectivity index (χ4v) is 3.86. The summed E-state index contributed by atoms with van der Waals surface area (Å²) >= 11 is 0. The molecule has 1 N–H and O–H groups in total. The molecule has 1 aromatic carbocycles. The third kappa shape index (κ3) is 2.99. The Hall–Kier alpha value is -1.85. The van der Waals surface area contributed by atoms with Gasteiger partial charge >= 0.3 is 0 Å². The molecule has 0 amide bonds. The van der Waals surface area contributed by atoms with Crippen LogP contribution in [0.25, 0.3) is 5.69 Å². The summed E-state index contributed by atoms with van der Waals surface area (Å²) in [6.45, 7) is 3.22. The minimum absolute atomic E-state index is 0.658. The Kier molecular flexibility index (Phi) is 4.06. The number of para-hydroxylation sites is 2. The number of likely N-dealkylation sites (tertiary alicyclic amines) is 1. The summed E-state index contributed by atoms with van der Waals surface area (Å²) < 4.78 is 7.50. The zero-order valence-electron chi connectivity index (χ0n) is 13.6. The fraction of sp³-hybridized carbons (Fsp3) is 0.500. The third-order valence-electron chi connectivity index (χ3n) is 5.03. The molecule has 122 valence electrons. The highest BCUT2D eigenvalue weighted by molar-refractivity contribution is 5.46. The first-order valence-corrected chi connectivity index (χ1v) is 8.48. The van der Waals surface area contributed by atoms with Gasteiger partial charge in [-0.3, -0.25) is 4.90 Å². The van der Waals surface area contributed by atoms with Crippen LogP contribution >= 0.6 is 0 Å². The normalized spacial score (nSPS) is 24.6. The van der Waals surface area contributed by atoms with Gasteiger partial charge in [-0.25, -0.2) is 4.68 Å². The van der Waals surface area contributed by atoms with E-state index >= 15 is 0 Å². The number of fused-ring (bicyclic) bond motifs is 2. The van der Waals surface area contributed by atoms with Gasteiger partial charge in [-0.15, -0.1) is 0 Å². The van der Waals surface area contributed by atoms with Crippen LogP contribution in [0.2, 0.25) is 0 Å². The van der Waals surface area contributed by atoms with Gasteiger partial charge in [0.25, 0.3) is 0 Å². The Bertz CT molecular complexity index is 669. The van der Waals surface area contributed by atoms with Crippen LogP contribution in [0, 0.1) is 0 Å². The van der Waals surface area contributed by atoms with E-state index in [1.807, 2.05) is 29.1 Å². The molecule has 3 heterocycles. The molecule has 0 spiro atoms. The lowest BCUT2D eigenvalue weighted by Crippen LogP contribution is -2.35. The van der Waals surface area contributed by atoms with Crippen LogP contribution in [0.4, 0.5) is 0 Å². The van der Waals surface area contributed by atoms with Gasteiger partial charge in [0, 0.05) is 37.9 Å². The Morgan fingerprint density at radius 2 is 2.04 bits per heavy atom. The average molecular weight is 312 g/mol. The molecule has 2 aliphatic rings. The minimum Gasteiger partial charge on any atom is -0.494 e. The van der Waals surface area contributed by atoms with Crippen LogP contribution in [0.15, 0.2) is 36.5 Å². The van der Waals surface area contributed by atoms with Crippen molar-refractivity contribution in [3.63, 3.8) is 0 Å². The van der Waals surface area contributed by atoms with Gasteiger partial charge in [0.05, 0.1) is 12.8 Å². The van der Waals surface area contributed by atoms with Crippen LogP contribution in [0.5, 0.6) is 5.75 Å². The number of aromatic nitrogens is 2. The standard InChI is InChI=1S/C18H24N4O/c1-23-18-5-3-2-4-17(18)22-16(8-10-19-22)13-21-11-9-14-6-7-15(12-21)20-14/h2-5,8,10,14-15,20H,6-7,9,11-13H2,1H3. The second-order valence-electron chi connectivity index (χ2n) is 6.57. The van der Waals surface area contributed by atoms with E-state index in [2.05, 4.69) is 27.4 Å². The van der Waals surface area contributed by atoms with E-state index in [9.17, 15) is 0 Å². The van der Waals surface area contributed by atoms with Gasteiger partial charge in [0.2, 0.25) is 0 Å². The van der Waals surface area contributed by atoms with Crippen LogP contribution < -0.4 is 10.1 Å². The molecule has 1 aromatic heterocycles. The molecule has 5 nitrogen and oxygen atoms in total. The number of methoxy groups -OCH3 is 1. The first kappa shape index (κ1) is 14.7. The first-order valence-electron chi connectivity index (χ1n) is 8.48. The zero-order valence-corrected chi connectivity index (χ0v) is 13.6. The minimum atomic E-state index is 0.658. The summed E-state index contributed by atoms with van der Waals surface area (Å²) in [5.41, 5.74) is 2.22. The molecule has 5 heteroatoms. The number of rotatable bonds is 4. The van der Waals surface area contributed by atoms with Gasteiger partial charge in [0.15, 0.2) is 0 Å². The lowest BCUT2D eigenvalue weighted by atomic mass is 10.1. The summed E-state index contributed by atoms with van der Waals surface area (Å²) in [6, 6.07) is 11.6. The van der Waals surface area contributed by atoms with E-state index in [1.54, 1.807) is 7.11 Å². The maximum Gasteiger partial charge on any atom is 0.144 e. The molecule has 2 unspecified atom stereocenters. The Morgan fingerprint density at radius 1 is 1.17 bits per heavy atom. The van der Waals surface area contributed by atoms with Crippen molar-refractivity contribution in [3.05, 3.63) is 42.2 Å². The third-order valence-corrected chi connectivity index (χ3v) is 5.03. The number of ether oxygens (including phenoxy) is 1. The number of nitrogens with zero attached hydrogens (tertiary/aromatic N) is 3. The molecular formula is C18H24N4O. The van der Waals surface area contributed by atoms with Crippen molar-refractivity contribution in [2.75, 3.05) is 20.2 Å². The van der Waals surface area contributed by atoms with Gasteiger partial charge in [-0.05, 0) is 37.5 Å². The van der Waals surface area contributed by atoms with Crippen molar-refractivity contribution in [2.24, 2.45) is 0 Å². The number of hydrogen-bond donors (Lipinski definition) is 1. The lowest BCUT2D eigenvalue weighted by Gasteiger charge is -2.24. The van der Waals surface area contributed by atoms with Crippen LogP contribution in [0.1, 0.15) is 25.0 Å². The van der Waals surface area contributed by atoms with Crippen molar-refractivity contribution < 1.29 is 4.74 Å². The molecule has 2 bridgehead atoms. The second-order valence-corrected chi connectivity index (χ2v) is 6.57. The number of nitrogens with one attached hydrogen (secondary N) is 1. The predicted octanol–water partition coefficient (Wildman–Crippen LogP) is 2.21. The van der Waals surface area contributed by atoms with Crippen LogP contribution in [0.3, 0.4) is 0 Å². The molecule has 0 radical (unpaired) electrons. The summed E-state index contributed by atoms with van der Waals surface area (Å²) in [7, 11) is 1.71. The zero-order chi connectivity index (χ0) is 15.6.